The van der Waals surface area contributed by atoms with E-state index in [0.29, 0.717) is 18.1 Å². The summed E-state index contributed by atoms with van der Waals surface area (Å²) in [5, 5.41) is 13.2. The first kappa shape index (κ1) is 22.6. The van der Waals surface area contributed by atoms with Crippen LogP contribution in [0.25, 0.3) is 0 Å². The molecule has 0 N–H and O–H groups in total. The fourth-order valence-corrected chi connectivity index (χ4v) is 3.06. The predicted molar refractivity (Wildman–Crippen MR) is 122 cm³/mol. The minimum absolute atomic E-state index is 0.190. The Bertz CT molecular complexity index is 1060. The first-order valence-electron chi connectivity index (χ1n) is 10.2. The van der Waals surface area contributed by atoms with Gasteiger partial charge < -0.3 is 19.1 Å². The normalized spacial score (nSPS) is 11.8. The van der Waals surface area contributed by atoms with Gasteiger partial charge in [0.15, 0.2) is 0 Å². The molecule has 32 heavy (non-hydrogen) atoms. The molecule has 0 aromatic heterocycles. The van der Waals surface area contributed by atoms with Crippen molar-refractivity contribution in [1.82, 2.24) is 0 Å². The number of hydrogen-bond donors (Lipinski definition) is 0. The molecule has 3 aromatic rings. The Hall–Kier alpha value is -4.11. The van der Waals surface area contributed by atoms with Gasteiger partial charge in [0, 0.05) is 12.0 Å². The molecule has 0 aliphatic heterocycles. The summed E-state index contributed by atoms with van der Waals surface area (Å²) in [6, 6.07) is 26.8. The van der Waals surface area contributed by atoms with Crippen molar-refractivity contribution in [3.05, 3.63) is 95.6 Å². The van der Waals surface area contributed by atoms with Crippen molar-refractivity contribution in [2.75, 3.05) is 13.7 Å². The maximum atomic E-state index is 10.7. The summed E-state index contributed by atoms with van der Waals surface area (Å²) in [6.45, 7) is 0.684. The number of ether oxygens (including phenoxy) is 2. The Kier molecular flexibility index (Phi) is 8.41. The fraction of sp³-hybridized carbons (Fsp3) is 0.192. The molecular formula is C26H24N2O4. The van der Waals surface area contributed by atoms with Gasteiger partial charge in [-0.05, 0) is 35.4 Å². The van der Waals surface area contributed by atoms with Crippen molar-refractivity contribution in [1.29, 1.82) is 5.26 Å². The molecule has 0 radical (unpaired) electrons. The second kappa shape index (κ2) is 11.9. The van der Waals surface area contributed by atoms with Gasteiger partial charge >= 0.3 is 0 Å². The molecule has 3 rings (SSSR count). The van der Waals surface area contributed by atoms with Crippen LogP contribution in [0.2, 0.25) is 0 Å². The van der Waals surface area contributed by atoms with Crippen LogP contribution < -0.4 is 9.47 Å². The molecule has 0 heterocycles. The Labute approximate surface area is 187 Å². The predicted octanol–water partition coefficient (Wildman–Crippen LogP) is 4.89. The van der Waals surface area contributed by atoms with Gasteiger partial charge in [-0.3, -0.25) is 0 Å². The van der Waals surface area contributed by atoms with Crippen LogP contribution in [-0.4, -0.2) is 25.7 Å². The molecular weight excluding hydrogens is 404 g/mol. The SMILES string of the molecule is CO/N=C(\COc1ccc(COc2ccc(C(C#N)CC=O)cc2)cc1)c1ccccc1. The Balaban J connectivity index is 1.53. The van der Waals surface area contributed by atoms with Crippen molar-refractivity contribution in [2.45, 2.75) is 18.9 Å². The van der Waals surface area contributed by atoms with Crippen LogP contribution in [0.15, 0.2) is 84.0 Å². The van der Waals surface area contributed by atoms with Gasteiger partial charge in [0.2, 0.25) is 0 Å². The van der Waals surface area contributed by atoms with E-state index in [0.717, 1.165) is 28.7 Å². The van der Waals surface area contributed by atoms with E-state index in [4.69, 9.17) is 19.6 Å². The molecule has 6 heteroatoms. The van der Waals surface area contributed by atoms with Crippen LogP contribution >= 0.6 is 0 Å². The van der Waals surface area contributed by atoms with Crippen LogP contribution in [0.1, 0.15) is 29.0 Å². The summed E-state index contributed by atoms with van der Waals surface area (Å²) in [4.78, 5) is 15.6. The number of nitriles is 1. The second-order valence-corrected chi connectivity index (χ2v) is 6.96. The van der Waals surface area contributed by atoms with Crippen LogP contribution in [-0.2, 0) is 16.2 Å². The van der Waals surface area contributed by atoms with E-state index in [-0.39, 0.29) is 13.0 Å². The van der Waals surface area contributed by atoms with Crippen molar-refractivity contribution < 1.29 is 19.1 Å². The first-order valence-corrected chi connectivity index (χ1v) is 10.2. The summed E-state index contributed by atoms with van der Waals surface area (Å²) in [7, 11) is 1.51. The molecule has 1 atom stereocenters. The summed E-state index contributed by atoms with van der Waals surface area (Å²) < 4.78 is 11.7. The standard InChI is InChI=1S/C26H24N2O4/c1-30-28-26(22-5-3-2-4-6-22)19-32-24-11-7-20(8-12-24)18-31-25-13-9-21(10-14-25)23(17-27)15-16-29/h2-14,16,23H,15,18-19H2,1H3/b28-26+. The van der Waals surface area contributed by atoms with E-state index < -0.39 is 5.92 Å². The highest BCUT2D eigenvalue weighted by atomic mass is 16.6. The molecule has 0 bridgehead atoms. The van der Waals surface area contributed by atoms with Crippen LogP contribution in [0, 0.1) is 11.3 Å². The molecule has 0 fully saturated rings. The van der Waals surface area contributed by atoms with Crippen LogP contribution in [0.5, 0.6) is 11.5 Å². The highest BCUT2D eigenvalue weighted by molar-refractivity contribution is 6.01. The lowest BCUT2D eigenvalue weighted by Crippen LogP contribution is -2.13. The van der Waals surface area contributed by atoms with Gasteiger partial charge in [-0.1, -0.05) is 59.8 Å². The van der Waals surface area contributed by atoms with E-state index in [1.165, 1.54) is 7.11 Å². The van der Waals surface area contributed by atoms with Gasteiger partial charge in [0.25, 0.3) is 0 Å². The van der Waals surface area contributed by atoms with E-state index >= 15 is 0 Å². The topological polar surface area (TPSA) is 80.9 Å². The Morgan fingerprint density at radius 2 is 1.62 bits per heavy atom. The van der Waals surface area contributed by atoms with Gasteiger partial charge in [0.05, 0.1) is 12.0 Å². The smallest absolute Gasteiger partial charge is 0.134 e. The molecule has 0 spiro atoms. The first-order chi connectivity index (χ1) is 15.7. The summed E-state index contributed by atoms with van der Waals surface area (Å²) in [5.74, 6) is 0.987. The lowest BCUT2D eigenvalue weighted by atomic mass is 9.98. The van der Waals surface area contributed by atoms with Gasteiger partial charge in [-0.2, -0.15) is 5.26 Å². The number of hydrogen-bond acceptors (Lipinski definition) is 6. The summed E-state index contributed by atoms with van der Waals surface area (Å²) in [6.07, 6.45) is 0.952. The maximum absolute atomic E-state index is 10.7. The summed E-state index contributed by atoms with van der Waals surface area (Å²) in [5.41, 5.74) is 3.44. The molecule has 0 aliphatic rings. The number of rotatable bonds is 11. The molecule has 0 saturated carbocycles. The third-order valence-electron chi connectivity index (χ3n) is 4.78. The zero-order chi connectivity index (χ0) is 22.6. The molecule has 0 saturated heterocycles. The number of benzene rings is 3. The lowest BCUT2D eigenvalue weighted by Gasteiger charge is -2.11. The van der Waals surface area contributed by atoms with E-state index in [9.17, 15) is 4.79 Å². The number of aldehydes is 1. The van der Waals surface area contributed by atoms with Gasteiger partial charge in [0.1, 0.15) is 43.8 Å². The molecule has 0 amide bonds. The highest BCUT2D eigenvalue weighted by Gasteiger charge is 2.10. The highest BCUT2D eigenvalue weighted by Crippen LogP contribution is 2.22. The van der Waals surface area contributed by atoms with E-state index in [2.05, 4.69) is 11.2 Å². The number of nitrogens with zero attached hydrogens (tertiary/aromatic N) is 2. The van der Waals surface area contributed by atoms with Crippen molar-refractivity contribution in [3.63, 3.8) is 0 Å². The maximum Gasteiger partial charge on any atom is 0.134 e. The molecule has 6 nitrogen and oxygen atoms in total. The quantitative estimate of drug-likeness (QED) is 0.247. The third-order valence-corrected chi connectivity index (χ3v) is 4.78. The number of carbonyl (C=O) groups is 1. The molecule has 0 aliphatic carbocycles. The van der Waals surface area contributed by atoms with E-state index in [1.54, 1.807) is 0 Å². The monoisotopic (exact) mass is 428 g/mol. The van der Waals surface area contributed by atoms with Crippen molar-refractivity contribution >= 4 is 12.0 Å². The Morgan fingerprint density at radius 3 is 2.25 bits per heavy atom. The fourth-order valence-electron chi connectivity index (χ4n) is 3.06. The minimum atomic E-state index is -0.426. The van der Waals surface area contributed by atoms with Gasteiger partial charge in [-0.15, -0.1) is 0 Å². The summed E-state index contributed by atoms with van der Waals surface area (Å²) >= 11 is 0. The van der Waals surface area contributed by atoms with Crippen LogP contribution in [0.3, 0.4) is 0 Å². The third kappa shape index (κ3) is 6.44. The average molecular weight is 428 g/mol. The number of carbonyl (C=O) groups excluding carboxylic acids is 1. The lowest BCUT2D eigenvalue weighted by molar-refractivity contribution is -0.107. The van der Waals surface area contributed by atoms with E-state index in [1.807, 2.05) is 78.9 Å². The largest absolute Gasteiger partial charge is 0.489 e. The van der Waals surface area contributed by atoms with Crippen molar-refractivity contribution in [2.24, 2.45) is 5.16 Å². The second-order valence-electron chi connectivity index (χ2n) is 6.96. The minimum Gasteiger partial charge on any atom is -0.489 e. The zero-order valence-corrected chi connectivity index (χ0v) is 17.8. The molecule has 162 valence electrons. The van der Waals surface area contributed by atoms with Gasteiger partial charge in [-0.25, -0.2) is 0 Å². The van der Waals surface area contributed by atoms with Crippen LogP contribution in [0.4, 0.5) is 0 Å². The molecule has 3 aromatic carbocycles. The zero-order valence-electron chi connectivity index (χ0n) is 17.8. The average Bonchev–Trinajstić information content (AvgIpc) is 2.85. The van der Waals surface area contributed by atoms with Crippen molar-refractivity contribution in [3.8, 4) is 17.6 Å². The Morgan fingerprint density at radius 1 is 0.969 bits per heavy atom. The number of oxime groups is 1. The molecule has 1 unspecified atom stereocenters.